The number of H-pyrrole nitrogens is 1. The molecule has 1 amide bonds. The number of hydrogen-bond acceptors (Lipinski definition) is 5. The molecular formula is C18H24Cl2N4O3. The van der Waals surface area contributed by atoms with Crippen LogP contribution in [0.25, 0.3) is 0 Å². The molecule has 3 heterocycles. The van der Waals surface area contributed by atoms with Crippen LogP contribution in [0.15, 0.2) is 18.5 Å². The first-order valence-corrected chi connectivity index (χ1v) is 8.49. The zero-order chi connectivity index (χ0) is 17.4. The summed E-state index contributed by atoms with van der Waals surface area (Å²) in [5, 5.41) is 3.30. The molecule has 9 heteroatoms. The van der Waals surface area contributed by atoms with Crippen LogP contribution in [-0.4, -0.2) is 48.1 Å². The van der Waals surface area contributed by atoms with Crippen LogP contribution >= 0.6 is 24.8 Å². The molecule has 2 aromatic rings. The zero-order valence-electron chi connectivity index (χ0n) is 15.3. The normalized spacial score (nSPS) is 17.7. The van der Waals surface area contributed by atoms with E-state index in [9.17, 15) is 4.79 Å². The predicted octanol–water partition coefficient (Wildman–Crippen LogP) is 2.04. The Morgan fingerprint density at radius 1 is 1.15 bits per heavy atom. The summed E-state index contributed by atoms with van der Waals surface area (Å²) in [6, 6.07) is 3.62. The van der Waals surface area contributed by atoms with E-state index in [4.69, 9.17) is 9.47 Å². The molecule has 1 atom stereocenters. The minimum atomic E-state index is -0.364. The molecule has 2 aliphatic heterocycles. The van der Waals surface area contributed by atoms with Gasteiger partial charge in [-0.05, 0) is 29.7 Å². The highest BCUT2D eigenvalue weighted by Crippen LogP contribution is 2.34. The summed E-state index contributed by atoms with van der Waals surface area (Å²) >= 11 is 0. The summed E-state index contributed by atoms with van der Waals surface area (Å²) in [6.45, 7) is 2.05. The van der Waals surface area contributed by atoms with Gasteiger partial charge in [0.1, 0.15) is 6.04 Å². The lowest BCUT2D eigenvalue weighted by Crippen LogP contribution is -2.45. The van der Waals surface area contributed by atoms with E-state index in [1.807, 2.05) is 17.0 Å². The highest BCUT2D eigenvalue weighted by molar-refractivity contribution is 5.85. The molecule has 0 saturated carbocycles. The van der Waals surface area contributed by atoms with E-state index in [-0.39, 0.29) is 36.8 Å². The Morgan fingerprint density at radius 2 is 1.85 bits per heavy atom. The lowest BCUT2D eigenvalue weighted by Gasteiger charge is -2.33. The average molecular weight is 415 g/mol. The van der Waals surface area contributed by atoms with E-state index in [1.54, 1.807) is 20.5 Å². The summed E-state index contributed by atoms with van der Waals surface area (Å²) in [5.74, 6) is 1.51. The number of benzene rings is 1. The van der Waals surface area contributed by atoms with Gasteiger partial charge in [-0.25, -0.2) is 4.98 Å². The molecule has 2 aliphatic rings. The molecule has 0 aliphatic carbocycles. The van der Waals surface area contributed by atoms with E-state index in [0.717, 1.165) is 42.1 Å². The third kappa shape index (κ3) is 3.85. The topological polar surface area (TPSA) is 79.5 Å². The number of rotatable bonds is 3. The van der Waals surface area contributed by atoms with Crippen LogP contribution in [-0.2, 0) is 24.2 Å². The predicted molar refractivity (Wildman–Crippen MR) is 106 cm³/mol. The number of nitrogens with one attached hydrogen (secondary N) is 2. The molecule has 1 aromatic heterocycles. The standard InChI is InChI=1S/C18H22N4O3.2ClH/c1-24-14-7-11-4-6-22(9-12(11)8-15(14)25-2)18(23)17-16-13(3-5-19-17)20-10-21-16;;/h7-8,10,17,19H,3-6,9H2,1-2H3,(H,20,21);2*1H. The van der Waals surface area contributed by atoms with Gasteiger partial charge in [0.05, 0.1) is 26.2 Å². The molecule has 27 heavy (non-hydrogen) atoms. The highest BCUT2D eigenvalue weighted by atomic mass is 35.5. The van der Waals surface area contributed by atoms with Gasteiger partial charge in [0, 0.05) is 31.7 Å². The smallest absolute Gasteiger partial charge is 0.246 e. The number of fused-ring (bicyclic) bond motifs is 2. The summed E-state index contributed by atoms with van der Waals surface area (Å²) in [7, 11) is 3.26. The second-order valence-electron chi connectivity index (χ2n) is 6.39. The van der Waals surface area contributed by atoms with Crippen LogP contribution in [0.1, 0.15) is 28.6 Å². The van der Waals surface area contributed by atoms with Gasteiger partial charge in [-0.3, -0.25) is 4.79 Å². The number of hydrogen-bond donors (Lipinski definition) is 2. The minimum absolute atomic E-state index is 0. The van der Waals surface area contributed by atoms with E-state index in [2.05, 4.69) is 15.3 Å². The van der Waals surface area contributed by atoms with Crippen molar-refractivity contribution in [3.8, 4) is 11.5 Å². The quantitative estimate of drug-likeness (QED) is 0.802. The first-order chi connectivity index (χ1) is 12.2. The second kappa shape index (κ2) is 8.82. The average Bonchev–Trinajstić information content (AvgIpc) is 3.14. The molecule has 1 unspecified atom stereocenters. The molecule has 1 aromatic carbocycles. The summed E-state index contributed by atoms with van der Waals surface area (Å²) in [6.07, 6.45) is 3.35. The van der Waals surface area contributed by atoms with Gasteiger partial charge in [0.15, 0.2) is 11.5 Å². The highest BCUT2D eigenvalue weighted by Gasteiger charge is 2.33. The van der Waals surface area contributed by atoms with Crippen LogP contribution in [0.3, 0.4) is 0 Å². The van der Waals surface area contributed by atoms with Crippen LogP contribution in [0.4, 0.5) is 0 Å². The summed E-state index contributed by atoms with van der Waals surface area (Å²) in [4.78, 5) is 22.4. The van der Waals surface area contributed by atoms with Crippen molar-refractivity contribution in [2.75, 3.05) is 27.3 Å². The monoisotopic (exact) mass is 414 g/mol. The van der Waals surface area contributed by atoms with Gasteiger partial charge < -0.3 is 24.7 Å². The fourth-order valence-corrected chi connectivity index (χ4v) is 3.68. The van der Waals surface area contributed by atoms with Crippen LogP contribution in [0.5, 0.6) is 11.5 Å². The molecule has 0 fully saturated rings. The van der Waals surface area contributed by atoms with E-state index in [0.29, 0.717) is 18.8 Å². The number of nitrogens with zero attached hydrogens (tertiary/aromatic N) is 2. The minimum Gasteiger partial charge on any atom is -0.493 e. The molecule has 2 N–H and O–H groups in total. The van der Waals surface area contributed by atoms with E-state index in [1.165, 1.54) is 5.56 Å². The molecule has 0 saturated heterocycles. The van der Waals surface area contributed by atoms with Crippen molar-refractivity contribution in [1.82, 2.24) is 20.2 Å². The molecule has 0 bridgehead atoms. The maximum Gasteiger partial charge on any atom is 0.246 e. The Balaban J connectivity index is 0.00000131. The Labute approximate surface area is 170 Å². The number of methoxy groups -OCH3 is 2. The van der Waals surface area contributed by atoms with Crippen molar-refractivity contribution in [2.24, 2.45) is 0 Å². The molecule has 0 radical (unpaired) electrons. The Kier molecular flexibility index (Phi) is 6.97. The number of amides is 1. The fraction of sp³-hybridized carbons (Fsp3) is 0.444. The SMILES string of the molecule is COc1cc2c(cc1OC)CN(C(=O)C1NCCc3[nH]cnc31)CC2.Cl.Cl. The van der Waals surface area contributed by atoms with Crippen molar-refractivity contribution in [3.63, 3.8) is 0 Å². The number of ether oxygens (including phenoxy) is 2. The van der Waals surface area contributed by atoms with Gasteiger partial charge in [0.2, 0.25) is 5.91 Å². The van der Waals surface area contributed by atoms with Crippen molar-refractivity contribution < 1.29 is 14.3 Å². The molecule has 7 nitrogen and oxygen atoms in total. The van der Waals surface area contributed by atoms with Gasteiger partial charge in [-0.15, -0.1) is 24.8 Å². The molecular weight excluding hydrogens is 391 g/mol. The maximum atomic E-state index is 13.1. The van der Waals surface area contributed by atoms with Crippen LogP contribution in [0, 0.1) is 0 Å². The fourth-order valence-electron chi connectivity index (χ4n) is 3.68. The number of aromatic nitrogens is 2. The largest absolute Gasteiger partial charge is 0.493 e. The van der Waals surface area contributed by atoms with Crippen LogP contribution < -0.4 is 14.8 Å². The first-order valence-electron chi connectivity index (χ1n) is 8.49. The zero-order valence-corrected chi connectivity index (χ0v) is 16.9. The first kappa shape index (κ1) is 21.3. The number of carbonyl (C=O) groups excluding carboxylic acids is 1. The lowest BCUT2D eigenvalue weighted by atomic mass is 9.97. The third-order valence-electron chi connectivity index (χ3n) is 5.03. The molecule has 0 spiro atoms. The van der Waals surface area contributed by atoms with E-state index >= 15 is 0 Å². The van der Waals surface area contributed by atoms with Crippen molar-refractivity contribution in [2.45, 2.75) is 25.4 Å². The van der Waals surface area contributed by atoms with Gasteiger partial charge in [0.25, 0.3) is 0 Å². The van der Waals surface area contributed by atoms with E-state index < -0.39 is 0 Å². The summed E-state index contributed by atoms with van der Waals surface area (Å²) < 4.78 is 10.8. The van der Waals surface area contributed by atoms with Crippen molar-refractivity contribution in [1.29, 1.82) is 0 Å². The number of carbonyl (C=O) groups is 1. The number of halogens is 2. The van der Waals surface area contributed by atoms with Gasteiger partial charge in [-0.2, -0.15) is 0 Å². The van der Waals surface area contributed by atoms with Gasteiger partial charge >= 0.3 is 0 Å². The van der Waals surface area contributed by atoms with Crippen molar-refractivity contribution in [3.05, 3.63) is 41.0 Å². The lowest BCUT2D eigenvalue weighted by molar-refractivity contribution is -0.134. The number of imidazole rings is 1. The van der Waals surface area contributed by atoms with Gasteiger partial charge in [-0.1, -0.05) is 0 Å². The van der Waals surface area contributed by atoms with Crippen molar-refractivity contribution >= 4 is 30.7 Å². The van der Waals surface area contributed by atoms with Crippen LogP contribution in [0.2, 0.25) is 0 Å². The Bertz CT molecular complexity index is 812. The molecule has 148 valence electrons. The number of aromatic amines is 1. The third-order valence-corrected chi connectivity index (χ3v) is 5.03. The maximum absolute atomic E-state index is 13.1. The molecule has 4 rings (SSSR count). The second-order valence-corrected chi connectivity index (χ2v) is 6.39. The Hall–Kier alpha value is -1.96. The Morgan fingerprint density at radius 3 is 2.56 bits per heavy atom. The summed E-state index contributed by atoms with van der Waals surface area (Å²) in [5.41, 5.74) is 4.20.